The Bertz CT molecular complexity index is 1190. The molecular formula is C28H34N4O. The van der Waals surface area contributed by atoms with Crippen molar-refractivity contribution in [3.8, 4) is 11.8 Å². The summed E-state index contributed by atoms with van der Waals surface area (Å²) in [5, 5.41) is 9.21. The van der Waals surface area contributed by atoms with Crippen molar-refractivity contribution in [1.82, 2.24) is 14.5 Å². The third kappa shape index (κ3) is 4.86. The van der Waals surface area contributed by atoms with Gasteiger partial charge in [0.2, 0.25) is 0 Å². The van der Waals surface area contributed by atoms with Crippen molar-refractivity contribution >= 4 is 16.8 Å². The van der Waals surface area contributed by atoms with Crippen LogP contribution in [0.25, 0.3) is 16.7 Å². The van der Waals surface area contributed by atoms with Gasteiger partial charge in [-0.15, -0.1) is 0 Å². The first-order valence-electron chi connectivity index (χ1n) is 12.2. The number of ketones is 1. The molecule has 1 saturated heterocycles. The molecule has 4 rings (SSSR count). The molecule has 172 valence electrons. The van der Waals surface area contributed by atoms with Gasteiger partial charge >= 0.3 is 0 Å². The maximum atomic E-state index is 13.6. The number of benzene rings is 1. The predicted molar refractivity (Wildman–Crippen MR) is 133 cm³/mol. The smallest absolute Gasteiger partial charge is 0.180 e. The molecule has 1 aliphatic rings. The molecule has 0 spiro atoms. The second-order valence-corrected chi connectivity index (χ2v) is 9.75. The Kier molecular flexibility index (Phi) is 6.95. The standard InChI is InChI=1S/C28H34N4O/c1-19(2)8-11-23-16-25-28(30-20(23)3)27(26(33)18-31-14-6-5-7-15-31)21(4)32(25)24-12-9-22(17-29)10-13-24/h9-10,12-13,16,19H,5-8,11,14-15,18H2,1-4H3. The van der Waals surface area contributed by atoms with E-state index in [0.29, 0.717) is 18.0 Å². The Morgan fingerprint density at radius 1 is 1.12 bits per heavy atom. The van der Waals surface area contributed by atoms with Crippen LogP contribution in [0.15, 0.2) is 30.3 Å². The summed E-state index contributed by atoms with van der Waals surface area (Å²) in [5.41, 5.74) is 7.25. The van der Waals surface area contributed by atoms with Crippen LogP contribution in [0.4, 0.5) is 0 Å². The average Bonchev–Trinajstić information content (AvgIpc) is 3.08. The van der Waals surface area contributed by atoms with Gasteiger partial charge in [0, 0.05) is 17.1 Å². The molecule has 1 aromatic carbocycles. The second-order valence-electron chi connectivity index (χ2n) is 9.75. The van der Waals surface area contributed by atoms with Crippen molar-refractivity contribution in [3.63, 3.8) is 0 Å². The zero-order valence-corrected chi connectivity index (χ0v) is 20.3. The highest BCUT2D eigenvalue weighted by Crippen LogP contribution is 2.31. The molecule has 2 aromatic heterocycles. The molecule has 0 bridgehead atoms. The number of likely N-dealkylation sites (tertiary alicyclic amines) is 1. The van der Waals surface area contributed by atoms with Crippen LogP contribution >= 0.6 is 0 Å². The molecule has 0 unspecified atom stereocenters. The van der Waals surface area contributed by atoms with Gasteiger partial charge in [0.25, 0.3) is 0 Å². The highest BCUT2D eigenvalue weighted by atomic mass is 16.1. The minimum Gasteiger partial charge on any atom is -0.312 e. The van der Waals surface area contributed by atoms with Crippen LogP contribution in [-0.4, -0.2) is 39.9 Å². The number of carbonyl (C=O) groups excluding carboxylic acids is 1. The highest BCUT2D eigenvalue weighted by molar-refractivity contribution is 6.09. The van der Waals surface area contributed by atoms with E-state index in [1.165, 1.54) is 12.0 Å². The fraction of sp³-hybridized carbons (Fsp3) is 0.464. The molecule has 33 heavy (non-hydrogen) atoms. The van der Waals surface area contributed by atoms with Crippen molar-refractivity contribution in [2.75, 3.05) is 19.6 Å². The number of carbonyl (C=O) groups is 1. The lowest BCUT2D eigenvalue weighted by molar-refractivity contribution is 0.0916. The molecule has 5 heteroatoms. The number of nitrogens with zero attached hydrogens (tertiary/aromatic N) is 4. The van der Waals surface area contributed by atoms with E-state index in [-0.39, 0.29) is 5.78 Å². The monoisotopic (exact) mass is 442 g/mol. The summed E-state index contributed by atoms with van der Waals surface area (Å²) in [6.45, 7) is 11.0. The molecule has 0 saturated carbocycles. The van der Waals surface area contributed by atoms with Gasteiger partial charge in [0.1, 0.15) is 0 Å². The molecule has 0 N–H and O–H groups in total. The minimum absolute atomic E-state index is 0.147. The zero-order chi connectivity index (χ0) is 23.5. The number of hydrogen-bond donors (Lipinski definition) is 0. The molecule has 1 aliphatic heterocycles. The number of nitriles is 1. The van der Waals surface area contributed by atoms with Crippen molar-refractivity contribution in [1.29, 1.82) is 5.26 Å². The average molecular weight is 443 g/mol. The van der Waals surface area contributed by atoms with Crippen LogP contribution < -0.4 is 0 Å². The first kappa shape index (κ1) is 23.2. The van der Waals surface area contributed by atoms with Crippen LogP contribution in [0.5, 0.6) is 0 Å². The quantitative estimate of drug-likeness (QED) is 0.436. The third-order valence-electron chi connectivity index (χ3n) is 6.81. The normalized spacial score (nSPS) is 14.7. The van der Waals surface area contributed by atoms with Gasteiger partial charge < -0.3 is 4.57 Å². The maximum Gasteiger partial charge on any atom is 0.180 e. The number of aryl methyl sites for hydroxylation is 2. The van der Waals surface area contributed by atoms with Gasteiger partial charge in [0.05, 0.1) is 34.8 Å². The fourth-order valence-electron chi connectivity index (χ4n) is 4.90. The molecule has 0 atom stereocenters. The number of aromatic nitrogens is 2. The zero-order valence-electron chi connectivity index (χ0n) is 20.3. The first-order chi connectivity index (χ1) is 15.9. The van der Waals surface area contributed by atoms with E-state index in [1.807, 2.05) is 31.2 Å². The lowest BCUT2D eigenvalue weighted by Crippen LogP contribution is -2.34. The number of hydrogen-bond acceptors (Lipinski definition) is 4. The maximum absolute atomic E-state index is 13.6. The molecule has 0 aliphatic carbocycles. The van der Waals surface area contributed by atoms with E-state index in [0.717, 1.165) is 72.4 Å². The van der Waals surface area contributed by atoms with E-state index < -0.39 is 0 Å². The van der Waals surface area contributed by atoms with Gasteiger partial charge in [-0.25, -0.2) is 0 Å². The molecule has 3 aromatic rings. The van der Waals surface area contributed by atoms with Gasteiger partial charge in [0.15, 0.2) is 5.78 Å². The van der Waals surface area contributed by atoms with Crippen LogP contribution in [0, 0.1) is 31.1 Å². The summed E-state index contributed by atoms with van der Waals surface area (Å²) < 4.78 is 2.14. The fourth-order valence-corrected chi connectivity index (χ4v) is 4.90. The molecular weight excluding hydrogens is 408 g/mol. The Labute approximate surface area is 197 Å². The molecule has 0 radical (unpaired) electrons. The molecule has 0 amide bonds. The SMILES string of the molecule is Cc1nc2c(C(=O)CN3CCCCC3)c(C)n(-c3ccc(C#N)cc3)c2cc1CCC(C)C. The van der Waals surface area contributed by atoms with E-state index in [4.69, 9.17) is 4.98 Å². The van der Waals surface area contributed by atoms with Crippen LogP contribution in [0.3, 0.4) is 0 Å². The topological polar surface area (TPSA) is 61.9 Å². The van der Waals surface area contributed by atoms with Crippen molar-refractivity contribution < 1.29 is 4.79 Å². The Morgan fingerprint density at radius 3 is 2.45 bits per heavy atom. The molecule has 5 nitrogen and oxygen atoms in total. The third-order valence-corrected chi connectivity index (χ3v) is 6.81. The Hall–Kier alpha value is -2.97. The first-order valence-corrected chi connectivity index (χ1v) is 12.2. The minimum atomic E-state index is 0.147. The Balaban J connectivity index is 1.84. The van der Waals surface area contributed by atoms with Gasteiger partial charge in [-0.2, -0.15) is 5.26 Å². The number of pyridine rings is 1. The summed E-state index contributed by atoms with van der Waals surface area (Å²) >= 11 is 0. The lowest BCUT2D eigenvalue weighted by Gasteiger charge is -2.25. The second kappa shape index (κ2) is 9.89. The summed E-state index contributed by atoms with van der Waals surface area (Å²) in [6, 6.07) is 12.0. The molecule has 3 heterocycles. The van der Waals surface area contributed by atoms with E-state index in [9.17, 15) is 10.1 Å². The number of Topliss-reactive ketones (excluding diaryl/α,β-unsaturated/α-hetero) is 1. The Morgan fingerprint density at radius 2 is 1.82 bits per heavy atom. The summed E-state index contributed by atoms with van der Waals surface area (Å²) in [7, 11) is 0. The van der Waals surface area contributed by atoms with Crippen molar-refractivity contribution in [3.05, 3.63) is 58.4 Å². The van der Waals surface area contributed by atoms with Gasteiger partial charge in [-0.05, 0) is 94.4 Å². The van der Waals surface area contributed by atoms with Crippen molar-refractivity contribution in [2.24, 2.45) is 5.92 Å². The van der Waals surface area contributed by atoms with Gasteiger partial charge in [-0.3, -0.25) is 14.7 Å². The summed E-state index contributed by atoms with van der Waals surface area (Å²) in [5.74, 6) is 0.766. The highest BCUT2D eigenvalue weighted by Gasteiger charge is 2.25. The number of piperidine rings is 1. The number of fused-ring (bicyclic) bond motifs is 1. The summed E-state index contributed by atoms with van der Waals surface area (Å²) in [6.07, 6.45) is 5.65. The van der Waals surface area contributed by atoms with E-state index in [2.05, 4.69) is 42.4 Å². The van der Waals surface area contributed by atoms with E-state index in [1.54, 1.807) is 0 Å². The van der Waals surface area contributed by atoms with Gasteiger partial charge in [-0.1, -0.05) is 20.3 Å². The van der Waals surface area contributed by atoms with Crippen LogP contribution in [-0.2, 0) is 6.42 Å². The van der Waals surface area contributed by atoms with Crippen LogP contribution in [0.2, 0.25) is 0 Å². The molecule has 1 fully saturated rings. The number of rotatable bonds is 7. The van der Waals surface area contributed by atoms with Crippen molar-refractivity contribution in [2.45, 2.75) is 59.8 Å². The summed E-state index contributed by atoms with van der Waals surface area (Å²) in [4.78, 5) is 20.8. The largest absolute Gasteiger partial charge is 0.312 e. The van der Waals surface area contributed by atoms with Crippen LogP contribution in [0.1, 0.15) is 72.4 Å². The van der Waals surface area contributed by atoms with E-state index >= 15 is 0 Å². The predicted octanol–water partition coefficient (Wildman–Crippen LogP) is 5.77. The lowest BCUT2D eigenvalue weighted by atomic mass is 10.0.